The van der Waals surface area contributed by atoms with Crippen LogP contribution in [0.3, 0.4) is 0 Å². The first kappa shape index (κ1) is 27.2. The van der Waals surface area contributed by atoms with Gasteiger partial charge in [0.25, 0.3) is 5.78 Å². The lowest BCUT2D eigenvalue weighted by Crippen LogP contribution is -2.29. The van der Waals surface area contributed by atoms with E-state index < -0.39 is 23.7 Å². The molecule has 0 bridgehead atoms. The van der Waals surface area contributed by atoms with Crippen molar-refractivity contribution in [1.82, 2.24) is 4.98 Å². The third kappa shape index (κ3) is 5.00. The number of esters is 1. The first-order chi connectivity index (χ1) is 19.3. The van der Waals surface area contributed by atoms with E-state index in [4.69, 9.17) is 18.9 Å². The molecular formula is C29H28N2O8S. The van der Waals surface area contributed by atoms with Gasteiger partial charge in [0.05, 0.1) is 30.5 Å². The number of anilines is 1. The largest absolute Gasteiger partial charge is 0.507 e. The molecule has 1 N–H and O–H groups in total. The van der Waals surface area contributed by atoms with E-state index in [1.165, 1.54) is 4.90 Å². The van der Waals surface area contributed by atoms with Crippen LogP contribution in [0.1, 0.15) is 52.8 Å². The highest BCUT2D eigenvalue weighted by molar-refractivity contribution is 7.17. The normalized spacial score (nSPS) is 17.7. The Bertz CT molecular complexity index is 1510. The molecule has 40 heavy (non-hydrogen) atoms. The number of ketones is 1. The van der Waals surface area contributed by atoms with E-state index in [1.807, 2.05) is 6.92 Å². The smallest absolute Gasteiger partial charge is 0.350 e. The standard InChI is InChI=1S/C29H28N2O8S/c1-4-11-37-19-8-6-7-17(14-19)23-22(24(32)18-9-10-20-21(15-18)39-13-12-38-20)25(33)27(34)31(23)29-30-16(3)26(40-29)28(35)36-5-2/h6-10,14-15,23,32H,4-5,11-13H2,1-3H3/b24-22+. The second-order valence-electron chi connectivity index (χ2n) is 9.08. The summed E-state index contributed by atoms with van der Waals surface area (Å²) in [5.74, 6) is -1.22. The summed E-state index contributed by atoms with van der Waals surface area (Å²) in [5.41, 5.74) is 1.05. The van der Waals surface area contributed by atoms with E-state index >= 15 is 0 Å². The molecule has 0 radical (unpaired) electrons. The van der Waals surface area contributed by atoms with E-state index in [2.05, 4.69) is 4.98 Å². The number of rotatable bonds is 8. The summed E-state index contributed by atoms with van der Waals surface area (Å²) in [6.45, 7) is 6.72. The summed E-state index contributed by atoms with van der Waals surface area (Å²) in [4.78, 5) is 45.5. The molecule has 1 amide bonds. The van der Waals surface area contributed by atoms with Crippen molar-refractivity contribution < 1.29 is 38.4 Å². The molecule has 1 unspecified atom stereocenters. The van der Waals surface area contributed by atoms with E-state index in [1.54, 1.807) is 56.3 Å². The predicted octanol–water partition coefficient (Wildman–Crippen LogP) is 4.81. The molecule has 1 fully saturated rings. The number of carbonyl (C=O) groups is 3. The van der Waals surface area contributed by atoms with Gasteiger partial charge in [-0.25, -0.2) is 9.78 Å². The van der Waals surface area contributed by atoms with Gasteiger partial charge in [-0.1, -0.05) is 30.4 Å². The number of aromatic nitrogens is 1. The highest BCUT2D eigenvalue weighted by Gasteiger charge is 2.48. The molecule has 11 heteroatoms. The Morgan fingerprint density at radius 1 is 1.12 bits per heavy atom. The molecular weight excluding hydrogens is 536 g/mol. The van der Waals surface area contributed by atoms with Crippen LogP contribution in [-0.2, 0) is 14.3 Å². The van der Waals surface area contributed by atoms with Crippen LogP contribution in [0, 0.1) is 6.92 Å². The van der Waals surface area contributed by atoms with Crippen LogP contribution in [0.15, 0.2) is 48.0 Å². The first-order valence-electron chi connectivity index (χ1n) is 12.9. The van der Waals surface area contributed by atoms with Crippen molar-refractivity contribution in [3.63, 3.8) is 0 Å². The summed E-state index contributed by atoms with van der Waals surface area (Å²) in [5, 5.41) is 11.6. The van der Waals surface area contributed by atoms with Crippen molar-refractivity contribution in [2.75, 3.05) is 31.3 Å². The van der Waals surface area contributed by atoms with E-state index in [0.717, 1.165) is 17.8 Å². The molecule has 2 aromatic carbocycles. The number of aliphatic hydroxyl groups is 1. The highest BCUT2D eigenvalue weighted by atomic mass is 32.1. The van der Waals surface area contributed by atoms with Crippen LogP contribution in [0.2, 0.25) is 0 Å². The minimum atomic E-state index is -1.04. The van der Waals surface area contributed by atoms with E-state index in [0.29, 0.717) is 48.3 Å². The molecule has 1 saturated heterocycles. The lowest BCUT2D eigenvalue weighted by atomic mass is 9.95. The Labute approximate surface area is 234 Å². The van der Waals surface area contributed by atoms with E-state index in [-0.39, 0.29) is 33.5 Å². The fourth-order valence-electron chi connectivity index (χ4n) is 4.56. The number of thiazole rings is 1. The third-order valence-electron chi connectivity index (χ3n) is 6.36. The fourth-order valence-corrected chi connectivity index (χ4v) is 5.54. The number of amides is 1. The number of Topliss-reactive ketones (excluding diaryl/α,β-unsaturated/α-hetero) is 1. The van der Waals surface area contributed by atoms with Gasteiger partial charge in [0, 0.05) is 5.56 Å². The number of aryl methyl sites for hydroxylation is 1. The maximum absolute atomic E-state index is 13.6. The number of nitrogens with zero attached hydrogens (tertiary/aromatic N) is 2. The van der Waals surface area contributed by atoms with Crippen LogP contribution in [-0.4, -0.2) is 54.2 Å². The zero-order valence-electron chi connectivity index (χ0n) is 22.3. The Balaban J connectivity index is 1.66. The lowest BCUT2D eigenvalue weighted by molar-refractivity contribution is -0.132. The summed E-state index contributed by atoms with van der Waals surface area (Å²) < 4.78 is 22.2. The molecule has 208 valence electrons. The molecule has 0 saturated carbocycles. The second-order valence-corrected chi connectivity index (χ2v) is 10.1. The Morgan fingerprint density at radius 3 is 2.65 bits per heavy atom. The molecule has 0 spiro atoms. The minimum Gasteiger partial charge on any atom is -0.507 e. The number of hydrogen-bond donors (Lipinski definition) is 1. The Morgan fingerprint density at radius 2 is 1.90 bits per heavy atom. The van der Waals surface area contributed by atoms with Crippen LogP contribution in [0.4, 0.5) is 5.13 Å². The third-order valence-corrected chi connectivity index (χ3v) is 7.50. The molecule has 10 nitrogen and oxygen atoms in total. The lowest BCUT2D eigenvalue weighted by Gasteiger charge is -2.24. The molecule has 3 heterocycles. The van der Waals surface area contributed by atoms with Crippen molar-refractivity contribution in [2.24, 2.45) is 0 Å². The van der Waals surface area contributed by atoms with Crippen LogP contribution in [0.5, 0.6) is 17.2 Å². The van der Waals surface area contributed by atoms with Crippen molar-refractivity contribution in [3.05, 3.63) is 69.7 Å². The zero-order chi connectivity index (χ0) is 28.4. The predicted molar refractivity (Wildman–Crippen MR) is 147 cm³/mol. The number of benzene rings is 2. The van der Waals surface area contributed by atoms with E-state index in [9.17, 15) is 19.5 Å². The fraction of sp³-hybridized carbons (Fsp3) is 0.310. The molecule has 5 rings (SSSR count). The van der Waals surface area contributed by atoms with Gasteiger partial charge in [-0.05, 0) is 56.2 Å². The molecule has 1 atom stereocenters. The highest BCUT2D eigenvalue weighted by Crippen LogP contribution is 2.45. The topological polar surface area (TPSA) is 124 Å². The summed E-state index contributed by atoms with van der Waals surface area (Å²) in [7, 11) is 0. The molecule has 1 aromatic heterocycles. The summed E-state index contributed by atoms with van der Waals surface area (Å²) in [6, 6.07) is 10.8. The minimum absolute atomic E-state index is 0.125. The Kier molecular flexibility index (Phi) is 7.74. The molecule has 0 aliphatic carbocycles. The molecule has 2 aliphatic rings. The first-order valence-corrected chi connectivity index (χ1v) is 13.7. The van der Waals surface area contributed by atoms with Crippen molar-refractivity contribution >= 4 is 39.9 Å². The quantitative estimate of drug-likeness (QED) is 0.178. The van der Waals surface area contributed by atoms with Crippen molar-refractivity contribution in [1.29, 1.82) is 0 Å². The van der Waals surface area contributed by atoms with Gasteiger partial charge in [-0.2, -0.15) is 0 Å². The molecule has 2 aliphatic heterocycles. The van der Waals surface area contributed by atoms with Crippen LogP contribution >= 0.6 is 11.3 Å². The van der Waals surface area contributed by atoms with Crippen LogP contribution in [0.25, 0.3) is 5.76 Å². The number of fused-ring (bicyclic) bond motifs is 1. The van der Waals surface area contributed by atoms with Gasteiger partial charge < -0.3 is 24.1 Å². The Hall–Kier alpha value is -4.38. The maximum Gasteiger partial charge on any atom is 0.350 e. The maximum atomic E-state index is 13.6. The average molecular weight is 565 g/mol. The SMILES string of the molecule is CCCOc1cccc(C2/C(=C(\O)c3ccc4c(c3)OCCO4)C(=O)C(=O)N2c2nc(C)c(C(=O)OCC)s2)c1. The number of ether oxygens (including phenoxy) is 4. The average Bonchev–Trinajstić information content (AvgIpc) is 3.47. The van der Waals surface area contributed by atoms with Gasteiger partial charge in [-0.15, -0.1) is 0 Å². The van der Waals surface area contributed by atoms with Gasteiger partial charge in [0.15, 0.2) is 16.6 Å². The summed E-state index contributed by atoms with van der Waals surface area (Å²) in [6.07, 6.45) is 0.793. The van der Waals surface area contributed by atoms with Crippen LogP contribution < -0.4 is 19.1 Å². The molecule has 3 aromatic rings. The monoisotopic (exact) mass is 564 g/mol. The van der Waals surface area contributed by atoms with Crippen molar-refractivity contribution in [3.8, 4) is 17.2 Å². The number of carbonyl (C=O) groups excluding carboxylic acids is 3. The second kappa shape index (κ2) is 11.4. The van der Waals surface area contributed by atoms with Gasteiger partial charge >= 0.3 is 11.9 Å². The zero-order valence-corrected chi connectivity index (χ0v) is 23.1. The van der Waals surface area contributed by atoms with Crippen molar-refractivity contribution in [2.45, 2.75) is 33.2 Å². The van der Waals surface area contributed by atoms with Gasteiger partial charge in [-0.3, -0.25) is 14.5 Å². The van der Waals surface area contributed by atoms with Gasteiger partial charge in [0.1, 0.15) is 29.6 Å². The summed E-state index contributed by atoms with van der Waals surface area (Å²) >= 11 is 0.950. The number of aliphatic hydroxyl groups excluding tert-OH is 1. The number of hydrogen-bond acceptors (Lipinski definition) is 10. The van der Waals surface area contributed by atoms with Gasteiger partial charge in [0.2, 0.25) is 0 Å².